The van der Waals surface area contributed by atoms with Crippen molar-refractivity contribution in [1.82, 2.24) is 30.0 Å². The third-order valence-electron chi connectivity index (χ3n) is 4.77. The van der Waals surface area contributed by atoms with Crippen molar-refractivity contribution >= 4 is 12.2 Å². The van der Waals surface area contributed by atoms with E-state index in [9.17, 15) is 0 Å². The molecule has 7 nitrogen and oxygen atoms in total. The largest absolute Gasteiger partial charge is 0.497 e. The van der Waals surface area contributed by atoms with Crippen LogP contribution in [-0.2, 0) is 6.54 Å². The van der Waals surface area contributed by atoms with E-state index >= 15 is 0 Å². The molecule has 2 aromatic heterocycles. The lowest BCUT2D eigenvalue weighted by atomic mass is 10.1. The van der Waals surface area contributed by atoms with Gasteiger partial charge in [-0.15, -0.1) is 10.2 Å². The topological polar surface area (TPSA) is 73.5 Å². The number of methoxy groups -OCH3 is 1. The van der Waals surface area contributed by atoms with Gasteiger partial charge in [0, 0.05) is 6.20 Å². The average molecular weight is 392 g/mol. The van der Waals surface area contributed by atoms with E-state index in [0.29, 0.717) is 17.0 Å². The highest BCUT2D eigenvalue weighted by atomic mass is 32.1. The van der Waals surface area contributed by atoms with Crippen LogP contribution in [0.3, 0.4) is 0 Å². The Morgan fingerprint density at radius 3 is 2.64 bits per heavy atom. The molecule has 2 aromatic carbocycles. The second-order valence-corrected chi connectivity index (χ2v) is 6.92. The van der Waals surface area contributed by atoms with Gasteiger partial charge in [-0.3, -0.25) is 5.10 Å². The van der Waals surface area contributed by atoms with Gasteiger partial charge in [-0.05, 0) is 54.0 Å². The van der Waals surface area contributed by atoms with E-state index in [-0.39, 0.29) is 0 Å². The number of aryl methyl sites for hydroxylation is 1. The molecule has 0 amide bonds. The van der Waals surface area contributed by atoms with Gasteiger partial charge in [-0.25, -0.2) is 4.68 Å². The average Bonchev–Trinajstić information content (AvgIpc) is 3.31. The zero-order valence-electron chi connectivity index (χ0n) is 15.9. The maximum Gasteiger partial charge on any atom is 0.209 e. The molecule has 0 fully saturated rings. The van der Waals surface area contributed by atoms with Gasteiger partial charge in [0.05, 0.1) is 24.9 Å². The van der Waals surface area contributed by atoms with Gasteiger partial charge >= 0.3 is 0 Å². The molecule has 28 heavy (non-hydrogen) atoms. The van der Waals surface area contributed by atoms with Crippen molar-refractivity contribution in [2.45, 2.75) is 20.4 Å². The van der Waals surface area contributed by atoms with Crippen molar-refractivity contribution in [1.29, 1.82) is 0 Å². The summed E-state index contributed by atoms with van der Waals surface area (Å²) < 4.78 is 7.68. The van der Waals surface area contributed by atoms with Gasteiger partial charge in [0.15, 0.2) is 0 Å². The number of ether oxygens (including phenoxy) is 1. The summed E-state index contributed by atoms with van der Waals surface area (Å²) in [5.74, 6) is 1.31. The first-order chi connectivity index (χ1) is 13.6. The summed E-state index contributed by atoms with van der Waals surface area (Å²) in [5, 5.41) is 16.0. The van der Waals surface area contributed by atoms with Crippen LogP contribution < -0.4 is 4.74 Å². The van der Waals surface area contributed by atoms with Crippen LogP contribution in [0.5, 0.6) is 5.75 Å². The number of aromatic amines is 1. The number of rotatable bonds is 5. The zero-order chi connectivity index (χ0) is 19.7. The summed E-state index contributed by atoms with van der Waals surface area (Å²) in [6.45, 7) is 4.68. The summed E-state index contributed by atoms with van der Waals surface area (Å²) in [4.78, 5) is 1.56. The highest BCUT2D eigenvalue weighted by molar-refractivity contribution is 7.71. The van der Waals surface area contributed by atoms with E-state index in [0.717, 1.165) is 22.6 Å². The van der Waals surface area contributed by atoms with Crippen LogP contribution >= 0.6 is 12.2 Å². The number of nitrogens with one attached hydrogen (secondary N) is 1. The second-order valence-electron chi connectivity index (χ2n) is 6.54. The Hall–Kier alpha value is -3.26. The predicted octanol–water partition coefficient (Wildman–Crippen LogP) is 3.86. The third kappa shape index (κ3) is 3.34. The fourth-order valence-electron chi connectivity index (χ4n) is 3.00. The minimum absolute atomic E-state index is 0.499. The number of tetrazole rings is 1. The Balaban J connectivity index is 1.61. The Morgan fingerprint density at radius 1 is 1.11 bits per heavy atom. The van der Waals surface area contributed by atoms with E-state index in [4.69, 9.17) is 17.0 Å². The van der Waals surface area contributed by atoms with Gasteiger partial charge in [-0.2, -0.15) is 4.80 Å². The standard InChI is InChI=1S/C20H20N6OS/c1-13-5-4-6-18(14(13)2)26-20(28)17(11-21-26)19-22-24-25(23-19)12-15-7-9-16(27-3)10-8-15/h4-11,21H,12H2,1-3H3. The van der Waals surface area contributed by atoms with E-state index < -0.39 is 0 Å². The third-order valence-corrected chi connectivity index (χ3v) is 5.17. The molecule has 0 unspecified atom stereocenters. The molecule has 4 rings (SSSR count). The lowest BCUT2D eigenvalue weighted by Gasteiger charge is -2.09. The second kappa shape index (κ2) is 7.40. The number of aromatic nitrogens is 6. The molecule has 0 atom stereocenters. The molecule has 2 heterocycles. The van der Waals surface area contributed by atoms with Crippen molar-refractivity contribution in [2.24, 2.45) is 0 Å². The number of hydrogen-bond acceptors (Lipinski definition) is 5. The van der Waals surface area contributed by atoms with Crippen LogP contribution in [0.25, 0.3) is 17.1 Å². The van der Waals surface area contributed by atoms with Gasteiger partial charge in [0.2, 0.25) is 5.82 Å². The molecule has 0 bridgehead atoms. The Morgan fingerprint density at radius 2 is 1.89 bits per heavy atom. The van der Waals surface area contributed by atoms with E-state index in [1.807, 2.05) is 47.3 Å². The maximum atomic E-state index is 5.66. The van der Waals surface area contributed by atoms with Crippen molar-refractivity contribution in [2.75, 3.05) is 7.11 Å². The summed E-state index contributed by atoms with van der Waals surface area (Å²) in [7, 11) is 1.65. The summed E-state index contributed by atoms with van der Waals surface area (Å²) in [5.41, 5.74) is 5.20. The normalized spacial score (nSPS) is 11.0. The number of benzene rings is 2. The molecule has 1 N–H and O–H groups in total. The quantitative estimate of drug-likeness (QED) is 0.522. The van der Waals surface area contributed by atoms with Crippen molar-refractivity contribution < 1.29 is 4.74 Å². The van der Waals surface area contributed by atoms with Gasteiger partial charge in [0.25, 0.3) is 0 Å². The fraction of sp³-hybridized carbons (Fsp3) is 0.200. The monoisotopic (exact) mass is 392 g/mol. The molecule has 0 aliphatic carbocycles. The molecule has 0 radical (unpaired) electrons. The molecular weight excluding hydrogens is 372 g/mol. The number of H-pyrrole nitrogens is 1. The minimum atomic E-state index is 0.499. The Bertz CT molecular complexity index is 1170. The van der Waals surface area contributed by atoms with E-state index in [1.165, 1.54) is 11.1 Å². The van der Waals surface area contributed by atoms with Crippen LogP contribution in [0.2, 0.25) is 0 Å². The fourth-order valence-corrected chi connectivity index (χ4v) is 3.30. The predicted molar refractivity (Wildman–Crippen MR) is 109 cm³/mol. The Labute approximate surface area is 167 Å². The molecule has 0 spiro atoms. The van der Waals surface area contributed by atoms with Crippen molar-refractivity contribution in [3.63, 3.8) is 0 Å². The number of nitrogens with zero attached hydrogens (tertiary/aromatic N) is 5. The van der Waals surface area contributed by atoms with E-state index in [1.54, 1.807) is 11.9 Å². The SMILES string of the molecule is COc1ccc(Cn2nnc(-c3c[nH]n(-c4cccc(C)c4C)c3=S)n2)cc1. The van der Waals surface area contributed by atoms with Crippen LogP contribution in [0.1, 0.15) is 16.7 Å². The maximum absolute atomic E-state index is 5.66. The Kier molecular flexibility index (Phi) is 4.79. The summed E-state index contributed by atoms with van der Waals surface area (Å²) in [6, 6.07) is 13.9. The zero-order valence-corrected chi connectivity index (χ0v) is 16.7. The molecule has 142 valence electrons. The van der Waals surface area contributed by atoms with Crippen LogP contribution in [0.4, 0.5) is 0 Å². The first-order valence-corrected chi connectivity index (χ1v) is 9.26. The van der Waals surface area contributed by atoms with Gasteiger partial charge in [-0.1, -0.05) is 36.5 Å². The minimum Gasteiger partial charge on any atom is -0.497 e. The summed E-state index contributed by atoms with van der Waals surface area (Å²) in [6.07, 6.45) is 1.82. The molecule has 0 saturated carbocycles. The molecular formula is C20H20N6OS. The molecule has 0 aliphatic rings. The highest BCUT2D eigenvalue weighted by Gasteiger charge is 2.14. The lowest BCUT2D eigenvalue weighted by molar-refractivity contribution is 0.414. The smallest absolute Gasteiger partial charge is 0.209 e. The van der Waals surface area contributed by atoms with Crippen molar-refractivity contribution in [3.05, 3.63) is 70.0 Å². The van der Waals surface area contributed by atoms with E-state index in [2.05, 4.69) is 40.4 Å². The van der Waals surface area contributed by atoms with Gasteiger partial charge < -0.3 is 4.74 Å². The first kappa shape index (κ1) is 18.1. The van der Waals surface area contributed by atoms with Crippen molar-refractivity contribution in [3.8, 4) is 22.8 Å². The van der Waals surface area contributed by atoms with Crippen LogP contribution in [0, 0.1) is 18.5 Å². The molecule has 8 heteroatoms. The molecule has 0 aliphatic heterocycles. The first-order valence-electron chi connectivity index (χ1n) is 8.85. The van der Waals surface area contributed by atoms with Gasteiger partial charge in [0.1, 0.15) is 10.4 Å². The lowest BCUT2D eigenvalue weighted by Crippen LogP contribution is -2.04. The molecule has 0 saturated heterocycles. The van der Waals surface area contributed by atoms with Crippen LogP contribution in [-0.4, -0.2) is 37.1 Å². The van der Waals surface area contributed by atoms with Crippen LogP contribution in [0.15, 0.2) is 48.7 Å². The highest BCUT2D eigenvalue weighted by Crippen LogP contribution is 2.22. The molecule has 4 aromatic rings. The number of hydrogen-bond donors (Lipinski definition) is 1. The summed E-state index contributed by atoms with van der Waals surface area (Å²) >= 11 is 5.66.